The molecule has 3 heteroatoms. The fraction of sp³-hybridized carbons (Fsp3) is 0.694. The summed E-state index contributed by atoms with van der Waals surface area (Å²) in [4.78, 5) is 12.7. The molecule has 4 aliphatic rings. The van der Waals surface area contributed by atoms with E-state index in [0.717, 1.165) is 53.9 Å². The largest absolute Gasteiger partial charge is 0.412 e. The molecular formula is C36H53NO2. The van der Waals surface area contributed by atoms with Gasteiger partial charge in [-0.05, 0) is 115 Å². The molecule has 5 rings (SSSR count). The minimum absolute atomic E-state index is 0.164. The van der Waals surface area contributed by atoms with Gasteiger partial charge in [0.25, 0.3) is 0 Å². The zero-order valence-corrected chi connectivity index (χ0v) is 25.3. The van der Waals surface area contributed by atoms with E-state index in [0.29, 0.717) is 16.6 Å². The number of nitrogens with one attached hydrogen (secondary N) is 1. The van der Waals surface area contributed by atoms with Crippen molar-refractivity contribution in [1.29, 1.82) is 0 Å². The van der Waals surface area contributed by atoms with Crippen molar-refractivity contribution in [2.24, 2.45) is 46.3 Å². The van der Waals surface area contributed by atoms with Gasteiger partial charge in [-0.1, -0.05) is 90.3 Å². The van der Waals surface area contributed by atoms with Crippen LogP contribution < -0.4 is 10.1 Å². The average molecular weight is 532 g/mol. The van der Waals surface area contributed by atoms with Crippen LogP contribution in [0.1, 0.15) is 111 Å². The van der Waals surface area contributed by atoms with Crippen molar-refractivity contribution < 1.29 is 9.53 Å². The summed E-state index contributed by atoms with van der Waals surface area (Å²) in [7, 11) is 0. The molecule has 0 heterocycles. The normalized spacial score (nSPS) is 36.3. The number of allylic oxidation sites excluding steroid dienone is 1. The van der Waals surface area contributed by atoms with Crippen LogP contribution in [0, 0.1) is 46.3 Å². The smallest absolute Gasteiger partial charge is 0.410 e. The lowest BCUT2D eigenvalue weighted by Crippen LogP contribution is -2.52. The molecule has 0 aliphatic heterocycles. The molecule has 4 unspecified atom stereocenters. The number of carbonyl (C=O) groups is 1. The fourth-order valence-corrected chi connectivity index (χ4v) is 9.78. The zero-order valence-electron chi connectivity index (χ0n) is 25.3. The van der Waals surface area contributed by atoms with Crippen molar-refractivity contribution in [3.63, 3.8) is 0 Å². The van der Waals surface area contributed by atoms with Crippen molar-refractivity contribution in [3.05, 3.63) is 48.1 Å². The first-order valence-electron chi connectivity index (χ1n) is 16.0. The monoisotopic (exact) mass is 531 g/mol. The van der Waals surface area contributed by atoms with Crippen molar-refractivity contribution in [2.45, 2.75) is 111 Å². The molecule has 4 aliphatic carbocycles. The van der Waals surface area contributed by atoms with Crippen molar-refractivity contribution >= 4 is 12.2 Å². The number of ether oxygens (including phenoxy) is 1. The topological polar surface area (TPSA) is 38.3 Å². The Kier molecular flexibility index (Phi) is 8.37. The Morgan fingerprint density at radius 1 is 1.05 bits per heavy atom. The molecule has 214 valence electrons. The van der Waals surface area contributed by atoms with Crippen LogP contribution in [-0.2, 0) is 0 Å². The maximum Gasteiger partial charge on any atom is 0.412 e. The van der Waals surface area contributed by atoms with Gasteiger partial charge in [0.05, 0.1) is 0 Å². The second kappa shape index (κ2) is 11.5. The van der Waals surface area contributed by atoms with Crippen LogP contribution in [0.2, 0.25) is 0 Å². The molecule has 3 saturated carbocycles. The van der Waals surface area contributed by atoms with Gasteiger partial charge in [0.2, 0.25) is 0 Å². The molecule has 3 fully saturated rings. The van der Waals surface area contributed by atoms with E-state index in [1.165, 1.54) is 57.8 Å². The Labute approximate surface area is 238 Å². The third kappa shape index (κ3) is 5.62. The van der Waals surface area contributed by atoms with Crippen LogP contribution in [0.4, 0.5) is 4.79 Å². The van der Waals surface area contributed by atoms with Crippen molar-refractivity contribution in [3.8, 4) is 5.75 Å². The number of hydrogen-bond donors (Lipinski definition) is 1. The number of fused-ring (bicyclic) bond motifs is 5. The molecule has 0 radical (unpaired) electrons. The van der Waals surface area contributed by atoms with Gasteiger partial charge in [0.15, 0.2) is 0 Å². The lowest BCUT2D eigenvalue weighted by molar-refractivity contribution is -0.0513. The first kappa shape index (κ1) is 28.5. The number of rotatable bonds is 8. The van der Waals surface area contributed by atoms with Crippen LogP contribution in [0.25, 0.3) is 6.08 Å². The van der Waals surface area contributed by atoms with Crippen molar-refractivity contribution in [1.82, 2.24) is 5.32 Å². The van der Waals surface area contributed by atoms with Crippen LogP contribution >= 0.6 is 0 Å². The minimum Gasteiger partial charge on any atom is -0.410 e. The fourth-order valence-electron chi connectivity index (χ4n) is 9.78. The second-order valence-corrected chi connectivity index (χ2v) is 14.5. The maximum atomic E-state index is 12.7. The number of hydrogen-bond acceptors (Lipinski definition) is 2. The Morgan fingerprint density at radius 2 is 1.82 bits per heavy atom. The Morgan fingerprint density at radius 3 is 2.54 bits per heavy atom. The Balaban J connectivity index is 1.21. The summed E-state index contributed by atoms with van der Waals surface area (Å²) in [6.45, 7) is 16.3. The Hall–Kier alpha value is -2.03. The maximum absolute atomic E-state index is 12.7. The summed E-state index contributed by atoms with van der Waals surface area (Å²) in [5.74, 6) is 5.72. The average Bonchev–Trinajstić information content (AvgIpc) is 3.26. The summed E-state index contributed by atoms with van der Waals surface area (Å²) in [5.41, 5.74) is 3.46. The molecule has 3 nitrogen and oxygen atoms in total. The lowest BCUT2D eigenvalue weighted by atomic mass is 9.47. The highest BCUT2D eigenvalue weighted by Gasteiger charge is 2.59. The van der Waals surface area contributed by atoms with E-state index in [4.69, 9.17) is 4.74 Å². The van der Waals surface area contributed by atoms with Crippen LogP contribution in [0.3, 0.4) is 0 Å². The molecule has 1 aromatic rings. The summed E-state index contributed by atoms with van der Waals surface area (Å²) in [6.07, 6.45) is 18.4. The molecule has 0 aromatic heterocycles. The molecule has 8 atom stereocenters. The van der Waals surface area contributed by atoms with Gasteiger partial charge in [-0.3, -0.25) is 0 Å². The second-order valence-electron chi connectivity index (χ2n) is 14.5. The van der Waals surface area contributed by atoms with Gasteiger partial charge < -0.3 is 10.1 Å². The quantitative estimate of drug-likeness (QED) is 0.339. The Bertz CT molecular complexity index is 1060. The molecule has 0 spiro atoms. The molecular weight excluding hydrogens is 478 g/mol. The number of amides is 1. The third-order valence-corrected chi connectivity index (χ3v) is 12.0. The van der Waals surface area contributed by atoms with Crippen LogP contribution in [0.5, 0.6) is 5.75 Å². The zero-order chi connectivity index (χ0) is 27.8. The van der Waals surface area contributed by atoms with E-state index in [1.807, 2.05) is 24.3 Å². The molecule has 39 heavy (non-hydrogen) atoms. The molecule has 0 saturated heterocycles. The van der Waals surface area contributed by atoms with E-state index < -0.39 is 0 Å². The van der Waals surface area contributed by atoms with E-state index >= 15 is 0 Å². The van der Waals surface area contributed by atoms with Gasteiger partial charge in [0, 0.05) is 6.04 Å². The third-order valence-electron chi connectivity index (χ3n) is 12.0. The first-order chi connectivity index (χ1) is 18.6. The van der Waals surface area contributed by atoms with E-state index in [2.05, 4.69) is 52.6 Å². The summed E-state index contributed by atoms with van der Waals surface area (Å²) in [5, 5.41) is 3.18. The predicted molar refractivity (Wildman–Crippen MR) is 163 cm³/mol. The van der Waals surface area contributed by atoms with Gasteiger partial charge in [-0.15, -0.1) is 0 Å². The lowest BCUT2D eigenvalue weighted by Gasteiger charge is -2.58. The SMILES string of the molecule is C=Cc1ccc(OC(=O)NC2CC[C@@]3(C)C(=CCC4C3CC[C@@]3(C)C4CC[C@@H]3[C@H](C)CCCC(C)C)C2)cc1. The van der Waals surface area contributed by atoms with Crippen molar-refractivity contribution in [2.75, 3.05) is 0 Å². The van der Waals surface area contributed by atoms with E-state index in [9.17, 15) is 4.79 Å². The highest BCUT2D eigenvalue weighted by Crippen LogP contribution is 2.67. The van der Waals surface area contributed by atoms with Gasteiger partial charge in [-0.2, -0.15) is 0 Å². The van der Waals surface area contributed by atoms with E-state index in [-0.39, 0.29) is 12.1 Å². The van der Waals surface area contributed by atoms with Gasteiger partial charge in [0.1, 0.15) is 5.75 Å². The molecule has 0 bridgehead atoms. The molecule has 1 amide bonds. The summed E-state index contributed by atoms with van der Waals surface area (Å²) >= 11 is 0. The molecule has 1 N–H and O–H groups in total. The summed E-state index contributed by atoms with van der Waals surface area (Å²) in [6, 6.07) is 7.65. The van der Waals surface area contributed by atoms with Gasteiger partial charge in [-0.25, -0.2) is 4.79 Å². The molecule has 1 aromatic carbocycles. The number of benzene rings is 1. The van der Waals surface area contributed by atoms with Crippen LogP contribution in [-0.4, -0.2) is 12.1 Å². The first-order valence-corrected chi connectivity index (χ1v) is 16.0. The van der Waals surface area contributed by atoms with Gasteiger partial charge >= 0.3 is 6.09 Å². The number of carbonyl (C=O) groups excluding carboxylic acids is 1. The minimum atomic E-state index is -0.336. The summed E-state index contributed by atoms with van der Waals surface area (Å²) < 4.78 is 5.58. The predicted octanol–water partition coefficient (Wildman–Crippen LogP) is 9.83. The van der Waals surface area contributed by atoms with Crippen LogP contribution in [0.15, 0.2) is 42.5 Å². The van der Waals surface area contributed by atoms with E-state index in [1.54, 1.807) is 11.6 Å². The highest BCUT2D eigenvalue weighted by atomic mass is 16.6. The standard InChI is InChI=1S/C36H53NO2/c1-7-26-11-14-29(15-12-26)39-34(38)37-28-19-21-35(5)27(23-28)13-16-30-32-18-17-31(25(4)10-8-9-24(2)3)36(32,6)22-20-33(30)35/h7,11-15,24-25,28,30-33H,1,8-10,16-23H2,2-6H3,(H,37,38)/t25-,28?,30?,31-,32?,33?,35+,36-/m1/s1. The highest BCUT2D eigenvalue weighted by molar-refractivity contribution is 5.71.